The van der Waals surface area contributed by atoms with Crippen LogP contribution in [0.15, 0.2) is 18.2 Å². The second-order valence-electron chi connectivity index (χ2n) is 3.57. The number of nitrogens with zero attached hydrogens (tertiary/aromatic N) is 2. The van der Waals surface area contributed by atoms with Gasteiger partial charge in [-0.3, -0.25) is 0 Å². The number of fused-ring (bicyclic) bond motifs is 1. The van der Waals surface area contributed by atoms with E-state index in [1.807, 2.05) is 22.8 Å². The van der Waals surface area contributed by atoms with E-state index in [1.165, 1.54) is 0 Å². The van der Waals surface area contributed by atoms with Crippen LogP contribution < -0.4 is 0 Å². The molecule has 0 atom stereocenters. The fraction of sp³-hybridized carbons (Fsp3) is 0.250. The lowest BCUT2D eigenvalue weighted by molar-refractivity contribution is 0.704. The summed E-state index contributed by atoms with van der Waals surface area (Å²) in [7, 11) is 0. The first-order chi connectivity index (χ1) is 7.70. The van der Waals surface area contributed by atoms with Gasteiger partial charge in [0.1, 0.15) is 11.2 Å². The van der Waals surface area contributed by atoms with E-state index in [0.29, 0.717) is 15.7 Å². The summed E-state index contributed by atoms with van der Waals surface area (Å²) in [6.45, 7) is 2.83. The van der Waals surface area contributed by atoms with Gasteiger partial charge < -0.3 is 4.57 Å². The fourth-order valence-corrected chi connectivity index (χ4v) is 2.47. The van der Waals surface area contributed by atoms with Gasteiger partial charge in [-0.05, 0) is 12.5 Å². The minimum atomic E-state index is 0.479. The van der Waals surface area contributed by atoms with Crippen molar-refractivity contribution in [2.75, 3.05) is 0 Å². The Kier molecular flexibility index (Phi) is 3.09. The van der Waals surface area contributed by atoms with Crippen LogP contribution in [0, 0.1) is 11.3 Å². The lowest BCUT2D eigenvalue weighted by Gasteiger charge is -2.05. The molecule has 0 aliphatic carbocycles. The standard InChI is InChI=1S/C12H10Cl2N2/c1-2-6-16-11-8(4-3-5-10(11)13)9(7-15)12(16)14/h3-5H,2,6H2,1H3. The topological polar surface area (TPSA) is 28.7 Å². The molecule has 82 valence electrons. The monoisotopic (exact) mass is 252 g/mol. The average Bonchev–Trinajstić information content (AvgIpc) is 2.54. The smallest absolute Gasteiger partial charge is 0.128 e. The molecule has 0 unspecified atom stereocenters. The van der Waals surface area contributed by atoms with E-state index < -0.39 is 0 Å². The largest absolute Gasteiger partial charge is 0.329 e. The maximum absolute atomic E-state index is 9.10. The summed E-state index contributed by atoms with van der Waals surface area (Å²) >= 11 is 12.3. The van der Waals surface area contributed by atoms with Crippen LogP contribution in [0.2, 0.25) is 10.2 Å². The van der Waals surface area contributed by atoms with E-state index in [0.717, 1.165) is 23.9 Å². The summed E-state index contributed by atoms with van der Waals surface area (Å²) in [6, 6.07) is 7.65. The highest BCUT2D eigenvalue weighted by Crippen LogP contribution is 2.33. The van der Waals surface area contributed by atoms with Crippen LogP contribution in [-0.2, 0) is 6.54 Å². The summed E-state index contributed by atoms with van der Waals surface area (Å²) < 4.78 is 1.90. The first-order valence-electron chi connectivity index (χ1n) is 5.07. The number of hydrogen-bond acceptors (Lipinski definition) is 1. The van der Waals surface area contributed by atoms with E-state index in [1.54, 1.807) is 0 Å². The van der Waals surface area contributed by atoms with Crippen LogP contribution in [-0.4, -0.2) is 4.57 Å². The number of nitriles is 1. The highest BCUT2D eigenvalue weighted by molar-refractivity contribution is 6.37. The molecule has 0 amide bonds. The summed E-state index contributed by atoms with van der Waals surface area (Å²) in [5.41, 5.74) is 1.36. The molecule has 0 bridgehead atoms. The number of para-hydroxylation sites is 1. The van der Waals surface area contributed by atoms with Crippen molar-refractivity contribution in [2.45, 2.75) is 19.9 Å². The highest BCUT2D eigenvalue weighted by Gasteiger charge is 2.16. The molecule has 0 saturated heterocycles. The molecule has 2 aromatic rings. The third kappa shape index (κ3) is 1.57. The van der Waals surface area contributed by atoms with Crippen molar-refractivity contribution < 1.29 is 0 Å². The second kappa shape index (κ2) is 4.37. The van der Waals surface area contributed by atoms with Gasteiger partial charge in [0.25, 0.3) is 0 Å². The van der Waals surface area contributed by atoms with Crippen LogP contribution in [0.1, 0.15) is 18.9 Å². The van der Waals surface area contributed by atoms with Gasteiger partial charge in [0.2, 0.25) is 0 Å². The summed E-state index contributed by atoms with van der Waals surface area (Å²) in [5.74, 6) is 0. The molecule has 16 heavy (non-hydrogen) atoms. The van der Waals surface area contributed by atoms with Crippen molar-refractivity contribution in [2.24, 2.45) is 0 Å². The van der Waals surface area contributed by atoms with Crippen molar-refractivity contribution in [3.63, 3.8) is 0 Å². The lowest BCUT2D eigenvalue weighted by atomic mass is 10.2. The quantitative estimate of drug-likeness (QED) is 0.787. The van der Waals surface area contributed by atoms with Crippen LogP contribution in [0.25, 0.3) is 10.9 Å². The molecular weight excluding hydrogens is 243 g/mol. The predicted octanol–water partition coefficient (Wildman–Crippen LogP) is 4.23. The fourth-order valence-electron chi connectivity index (χ4n) is 1.88. The maximum Gasteiger partial charge on any atom is 0.128 e. The summed E-state index contributed by atoms with van der Waals surface area (Å²) in [4.78, 5) is 0. The normalized spacial score (nSPS) is 10.6. The molecule has 1 aromatic heterocycles. The third-order valence-electron chi connectivity index (χ3n) is 2.53. The third-order valence-corrected chi connectivity index (χ3v) is 3.23. The van der Waals surface area contributed by atoms with E-state index in [2.05, 4.69) is 13.0 Å². The van der Waals surface area contributed by atoms with Gasteiger partial charge >= 0.3 is 0 Å². The Labute approximate surface area is 104 Å². The minimum Gasteiger partial charge on any atom is -0.329 e. The van der Waals surface area contributed by atoms with Gasteiger partial charge in [-0.1, -0.05) is 42.3 Å². The first-order valence-corrected chi connectivity index (χ1v) is 5.82. The van der Waals surface area contributed by atoms with Gasteiger partial charge in [0, 0.05) is 11.9 Å². The Hall–Kier alpha value is -1.17. The Morgan fingerprint density at radius 3 is 2.75 bits per heavy atom. The first kappa shape index (κ1) is 11.3. The van der Waals surface area contributed by atoms with Crippen LogP contribution >= 0.6 is 23.2 Å². The number of aromatic nitrogens is 1. The van der Waals surface area contributed by atoms with Gasteiger partial charge in [-0.15, -0.1) is 0 Å². The average molecular weight is 253 g/mol. The summed E-state index contributed by atoms with van der Waals surface area (Å²) in [5, 5.41) is 11.0. The number of benzene rings is 1. The molecule has 2 nitrogen and oxygen atoms in total. The van der Waals surface area contributed by atoms with Crippen LogP contribution in [0.3, 0.4) is 0 Å². The molecule has 0 saturated carbocycles. The van der Waals surface area contributed by atoms with E-state index in [-0.39, 0.29) is 0 Å². The molecule has 1 aromatic carbocycles. The van der Waals surface area contributed by atoms with Crippen LogP contribution in [0.4, 0.5) is 0 Å². The van der Waals surface area contributed by atoms with E-state index in [9.17, 15) is 0 Å². The number of rotatable bonds is 2. The predicted molar refractivity (Wildman–Crippen MR) is 67.0 cm³/mol. The Balaban J connectivity index is 2.88. The molecule has 2 rings (SSSR count). The SMILES string of the molecule is CCCn1c(Cl)c(C#N)c2cccc(Cl)c21. The molecule has 0 aliphatic heterocycles. The molecule has 0 spiro atoms. The Morgan fingerprint density at radius 1 is 1.38 bits per heavy atom. The molecule has 4 heteroatoms. The van der Waals surface area contributed by atoms with Crippen LogP contribution in [0.5, 0.6) is 0 Å². The summed E-state index contributed by atoms with van der Waals surface area (Å²) in [6.07, 6.45) is 0.944. The zero-order valence-electron chi connectivity index (χ0n) is 8.80. The number of aryl methyl sites for hydroxylation is 1. The molecule has 0 fully saturated rings. The number of halogens is 2. The van der Waals surface area contributed by atoms with Crippen molar-refractivity contribution in [1.29, 1.82) is 5.26 Å². The van der Waals surface area contributed by atoms with Crippen molar-refractivity contribution >= 4 is 34.1 Å². The molecule has 1 heterocycles. The maximum atomic E-state index is 9.10. The Bertz CT molecular complexity index is 579. The van der Waals surface area contributed by atoms with E-state index in [4.69, 9.17) is 28.5 Å². The van der Waals surface area contributed by atoms with Crippen molar-refractivity contribution in [3.05, 3.63) is 33.9 Å². The van der Waals surface area contributed by atoms with Gasteiger partial charge in [0.05, 0.1) is 16.1 Å². The second-order valence-corrected chi connectivity index (χ2v) is 4.33. The number of hydrogen-bond donors (Lipinski definition) is 0. The van der Waals surface area contributed by atoms with Gasteiger partial charge in [-0.2, -0.15) is 5.26 Å². The molecule has 0 radical (unpaired) electrons. The zero-order valence-corrected chi connectivity index (χ0v) is 10.3. The molecule has 0 N–H and O–H groups in total. The van der Waals surface area contributed by atoms with Crippen molar-refractivity contribution in [1.82, 2.24) is 4.57 Å². The zero-order chi connectivity index (χ0) is 11.7. The van der Waals surface area contributed by atoms with Crippen molar-refractivity contribution in [3.8, 4) is 6.07 Å². The van der Waals surface area contributed by atoms with E-state index >= 15 is 0 Å². The molecule has 0 aliphatic rings. The lowest BCUT2D eigenvalue weighted by Crippen LogP contribution is -1.96. The molecular formula is C12H10Cl2N2. The highest BCUT2D eigenvalue weighted by atomic mass is 35.5. The Morgan fingerprint density at radius 2 is 2.12 bits per heavy atom. The minimum absolute atomic E-state index is 0.479. The van der Waals surface area contributed by atoms with Gasteiger partial charge in [0.15, 0.2) is 0 Å². The van der Waals surface area contributed by atoms with Gasteiger partial charge in [-0.25, -0.2) is 0 Å².